The minimum Gasteiger partial charge on any atom is -0.299 e. The third-order valence-corrected chi connectivity index (χ3v) is 8.70. The van der Waals surface area contributed by atoms with Gasteiger partial charge in [0.25, 0.3) is 0 Å². The first-order valence-electron chi connectivity index (χ1n) is 8.31. The smallest absolute Gasteiger partial charge is 0.215 e. The lowest BCUT2D eigenvalue weighted by Gasteiger charge is -2.37. The molecule has 2 saturated carbocycles. The Morgan fingerprint density at radius 1 is 1.29 bits per heavy atom. The Balaban J connectivity index is 1.84. The molecule has 1 aromatic carbocycles. The molecule has 0 heterocycles. The summed E-state index contributed by atoms with van der Waals surface area (Å²) in [5, 5.41) is 0.552. The van der Waals surface area contributed by atoms with Crippen molar-refractivity contribution in [3.63, 3.8) is 0 Å². The van der Waals surface area contributed by atoms with Crippen LogP contribution in [0.3, 0.4) is 0 Å². The van der Waals surface area contributed by atoms with Gasteiger partial charge < -0.3 is 0 Å². The van der Waals surface area contributed by atoms with E-state index in [2.05, 4.69) is 13.8 Å². The zero-order chi connectivity index (χ0) is 17.8. The molecule has 0 radical (unpaired) electrons. The Morgan fingerprint density at radius 3 is 2.50 bits per heavy atom. The van der Waals surface area contributed by atoms with Crippen LogP contribution in [-0.4, -0.2) is 31.3 Å². The van der Waals surface area contributed by atoms with Gasteiger partial charge in [-0.1, -0.05) is 43.6 Å². The molecule has 2 bridgehead atoms. The van der Waals surface area contributed by atoms with Crippen LogP contribution in [0.4, 0.5) is 0 Å². The normalized spacial score (nSPS) is 28.7. The van der Waals surface area contributed by atoms with Gasteiger partial charge in [0, 0.05) is 30.5 Å². The molecular formula is C18H24ClNO3S. The molecule has 2 aliphatic carbocycles. The van der Waals surface area contributed by atoms with Gasteiger partial charge in [-0.15, -0.1) is 0 Å². The summed E-state index contributed by atoms with van der Waals surface area (Å²) in [5.74, 6) is 0.344. The van der Waals surface area contributed by atoms with E-state index in [1.165, 1.54) is 4.31 Å². The van der Waals surface area contributed by atoms with Crippen LogP contribution in [0.15, 0.2) is 24.3 Å². The van der Waals surface area contributed by atoms with Crippen LogP contribution in [0, 0.1) is 16.7 Å². The molecule has 1 aromatic rings. The van der Waals surface area contributed by atoms with Crippen LogP contribution in [0.25, 0.3) is 0 Å². The number of hydrogen-bond acceptors (Lipinski definition) is 3. The van der Waals surface area contributed by atoms with Gasteiger partial charge in [-0.3, -0.25) is 4.79 Å². The Bertz CT molecular complexity index is 774. The second-order valence-electron chi connectivity index (χ2n) is 7.77. The van der Waals surface area contributed by atoms with Crippen molar-refractivity contribution in [2.75, 3.05) is 12.8 Å². The number of halogens is 1. The lowest BCUT2D eigenvalue weighted by molar-refractivity contribution is -0.128. The predicted octanol–water partition coefficient (Wildman–Crippen LogP) is 3.50. The SMILES string of the molecule is CN(Cc1ccccc1Cl)S(=O)(=O)CC12CCC(CC1=O)C2(C)C. The summed E-state index contributed by atoms with van der Waals surface area (Å²) in [7, 11) is -1.99. The molecule has 4 nitrogen and oxygen atoms in total. The minimum absolute atomic E-state index is 0.0940. The molecule has 0 aliphatic heterocycles. The molecule has 0 spiro atoms. The zero-order valence-corrected chi connectivity index (χ0v) is 16.0. The molecule has 6 heteroatoms. The summed E-state index contributed by atoms with van der Waals surface area (Å²) in [4.78, 5) is 12.6. The van der Waals surface area contributed by atoms with Crippen molar-refractivity contribution < 1.29 is 13.2 Å². The van der Waals surface area contributed by atoms with Crippen molar-refractivity contribution in [2.45, 2.75) is 39.7 Å². The summed E-state index contributed by atoms with van der Waals surface area (Å²) in [5.41, 5.74) is -0.211. The third kappa shape index (κ3) is 2.61. The molecule has 0 saturated heterocycles. The Hall–Kier alpha value is -0.910. The maximum Gasteiger partial charge on any atom is 0.215 e. The maximum atomic E-state index is 12.9. The number of sulfonamides is 1. The van der Waals surface area contributed by atoms with Crippen molar-refractivity contribution in [2.24, 2.45) is 16.7 Å². The maximum absolute atomic E-state index is 12.9. The minimum atomic E-state index is -3.55. The van der Waals surface area contributed by atoms with E-state index in [1.807, 2.05) is 18.2 Å². The van der Waals surface area contributed by atoms with E-state index in [4.69, 9.17) is 11.6 Å². The second-order valence-corrected chi connectivity index (χ2v) is 10.3. The van der Waals surface area contributed by atoms with Gasteiger partial charge in [0.2, 0.25) is 10.0 Å². The number of carbonyl (C=O) groups excluding carboxylic acids is 1. The van der Waals surface area contributed by atoms with Gasteiger partial charge in [-0.25, -0.2) is 12.7 Å². The Labute approximate surface area is 149 Å². The molecule has 2 unspecified atom stereocenters. The molecule has 2 aliphatic rings. The van der Waals surface area contributed by atoms with Crippen LogP contribution in [0.5, 0.6) is 0 Å². The molecule has 0 N–H and O–H groups in total. The average molecular weight is 370 g/mol. The first kappa shape index (κ1) is 17.9. The predicted molar refractivity (Wildman–Crippen MR) is 95.3 cm³/mol. The highest BCUT2D eigenvalue weighted by Gasteiger charge is 2.65. The van der Waals surface area contributed by atoms with Gasteiger partial charge in [-0.05, 0) is 35.8 Å². The van der Waals surface area contributed by atoms with Gasteiger partial charge >= 0.3 is 0 Å². The Morgan fingerprint density at radius 2 is 1.96 bits per heavy atom. The van der Waals surface area contributed by atoms with E-state index >= 15 is 0 Å². The van der Waals surface area contributed by atoms with Gasteiger partial charge in [-0.2, -0.15) is 0 Å². The fourth-order valence-corrected chi connectivity index (χ4v) is 6.55. The highest BCUT2D eigenvalue weighted by Crippen LogP contribution is 2.64. The van der Waals surface area contributed by atoms with Crippen LogP contribution in [0.1, 0.15) is 38.7 Å². The summed E-state index contributed by atoms with van der Waals surface area (Å²) >= 11 is 6.14. The number of benzene rings is 1. The quantitative estimate of drug-likeness (QED) is 0.798. The first-order valence-corrected chi connectivity index (χ1v) is 10.3. The van der Waals surface area contributed by atoms with Crippen molar-refractivity contribution in [3.05, 3.63) is 34.9 Å². The molecular weight excluding hydrogens is 346 g/mol. The molecule has 0 amide bonds. The van der Waals surface area contributed by atoms with Crippen molar-refractivity contribution in [1.82, 2.24) is 4.31 Å². The molecule has 2 fully saturated rings. The summed E-state index contributed by atoms with van der Waals surface area (Å²) < 4.78 is 27.2. The topological polar surface area (TPSA) is 54.5 Å². The number of nitrogens with zero attached hydrogens (tertiary/aromatic N) is 1. The van der Waals surface area contributed by atoms with Crippen LogP contribution in [0.2, 0.25) is 5.02 Å². The standard InChI is InChI=1S/C18H24ClNO3S/c1-17(2)14-8-9-18(17,16(21)10-14)12-24(22,23)20(3)11-13-6-4-5-7-15(13)19/h4-7,14H,8-12H2,1-3H3. The third-order valence-electron chi connectivity index (χ3n) is 6.39. The number of rotatable bonds is 5. The summed E-state index contributed by atoms with van der Waals surface area (Å²) in [6.07, 6.45) is 2.15. The number of hydrogen-bond donors (Lipinski definition) is 0. The average Bonchev–Trinajstić information content (AvgIpc) is 2.83. The monoisotopic (exact) mass is 369 g/mol. The Kier molecular flexibility index (Phi) is 4.34. The molecule has 132 valence electrons. The fourth-order valence-electron chi connectivity index (χ4n) is 4.49. The highest BCUT2D eigenvalue weighted by atomic mass is 35.5. The lowest BCUT2D eigenvalue weighted by Crippen LogP contribution is -2.45. The summed E-state index contributed by atoms with van der Waals surface area (Å²) in [6, 6.07) is 7.23. The number of carbonyl (C=O) groups is 1. The van der Waals surface area contributed by atoms with Gasteiger partial charge in [0.1, 0.15) is 5.78 Å². The first-order chi connectivity index (χ1) is 11.1. The van der Waals surface area contributed by atoms with Gasteiger partial charge in [0.15, 0.2) is 0 Å². The number of Topliss-reactive ketones (excluding diaryl/α,β-unsaturated/α-hetero) is 1. The van der Waals surface area contributed by atoms with Gasteiger partial charge in [0.05, 0.1) is 5.75 Å². The largest absolute Gasteiger partial charge is 0.299 e. The van der Waals surface area contributed by atoms with Crippen LogP contribution in [-0.2, 0) is 21.4 Å². The highest BCUT2D eigenvalue weighted by molar-refractivity contribution is 7.89. The van der Waals surface area contributed by atoms with E-state index in [-0.39, 0.29) is 23.5 Å². The molecule has 24 heavy (non-hydrogen) atoms. The van der Waals surface area contributed by atoms with E-state index in [0.717, 1.165) is 12.0 Å². The van der Waals surface area contributed by atoms with E-state index < -0.39 is 15.4 Å². The molecule has 0 aromatic heterocycles. The zero-order valence-electron chi connectivity index (χ0n) is 14.4. The van der Waals surface area contributed by atoms with Crippen LogP contribution < -0.4 is 0 Å². The van der Waals surface area contributed by atoms with E-state index in [9.17, 15) is 13.2 Å². The fraction of sp³-hybridized carbons (Fsp3) is 0.611. The van der Waals surface area contributed by atoms with Crippen LogP contribution >= 0.6 is 11.6 Å². The lowest BCUT2D eigenvalue weighted by atomic mass is 9.70. The molecule has 3 rings (SSSR count). The number of ketones is 1. The van der Waals surface area contributed by atoms with Crippen molar-refractivity contribution in [1.29, 1.82) is 0 Å². The number of fused-ring (bicyclic) bond motifs is 2. The van der Waals surface area contributed by atoms with E-state index in [1.54, 1.807) is 13.1 Å². The van der Waals surface area contributed by atoms with Crippen molar-refractivity contribution >= 4 is 27.4 Å². The van der Waals surface area contributed by atoms with Crippen molar-refractivity contribution in [3.8, 4) is 0 Å². The second kappa shape index (κ2) is 5.82. The molecule has 2 atom stereocenters. The summed E-state index contributed by atoms with van der Waals surface area (Å²) in [6.45, 7) is 4.33. The van der Waals surface area contributed by atoms with E-state index in [0.29, 0.717) is 23.8 Å².